The zero-order chi connectivity index (χ0) is 20.1. The van der Waals surface area contributed by atoms with E-state index in [2.05, 4.69) is 26.0 Å². The minimum atomic E-state index is 0.0462. The zero-order valence-corrected chi connectivity index (χ0v) is 18.3. The number of rotatable bonds is 4. The van der Waals surface area contributed by atoms with E-state index >= 15 is 0 Å². The average molecular weight is 399 g/mol. The van der Waals surface area contributed by atoms with Gasteiger partial charge in [0, 0.05) is 13.0 Å². The molecule has 0 aromatic heterocycles. The van der Waals surface area contributed by atoms with Crippen LogP contribution < -0.4 is 0 Å². The van der Waals surface area contributed by atoms with Crippen LogP contribution in [0.2, 0.25) is 0 Å². The van der Waals surface area contributed by atoms with Gasteiger partial charge < -0.3 is 9.47 Å². The summed E-state index contributed by atoms with van der Waals surface area (Å²) in [5.41, 5.74) is 1.98. The molecule has 3 fully saturated rings. The van der Waals surface area contributed by atoms with Crippen LogP contribution in [0.25, 0.3) is 0 Å². The van der Waals surface area contributed by atoms with Gasteiger partial charge in [0.1, 0.15) is 0 Å². The maximum absolute atomic E-state index is 12.0. The number of ketones is 1. The highest BCUT2D eigenvalue weighted by molar-refractivity contribution is 5.92. The van der Waals surface area contributed by atoms with Crippen LogP contribution in [0, 0.1) is 34.5 Å². The van der Waals surface area contributed by atoms with Crippen LogP contribution in [0.5, 0.6) is 0 Å². The largest absolute Gasteiger partial charge is 0.353 e. The number of fused-ring (bicyclic) bond motifs is 5. The van der Waals surface area contributed by atoms with Crippen LogP contribution in [-0.4, -0.2) is 25.3 Å². The summed E-state index contributed by atoms with van der Waals surface area (Å²) >= 11 is 0. The first-order chi connectivity index (χ1) is 14.0. The van der Waals surface area contributed by atoms with Crippen molar-refractivity contribution in [1.82, 2.24) is 0 Å². The molecule has 1 aliphatic heterocycles. The van der Waals surface area contributed by atoms with Gasteiger partial charge in [-0.15, -0.1) is 0 Å². The SMILES string of the molecule is C[C@]12CC[C@H]3[C@@H](C=CC4=CC(=O)CC[C@@]43C)[C@@H]1CC[C@@H]2CCOC1CCCCO1. The van der Waals surface area contributed by atoms with Crippen molar-refractivity contribution in [2.24, 2.45) is 34.5 Å². The Hall–Kier alpha value is -0.930. The topological polar surface area (TPSA) is 35.5 Å². The monoisotopic (exact) mass is 398 g/mol. The third kappa shape index (κ3) is 3.37. The van der Waals surface area contributed by atoms with Gasteiger partial charge in [0.2, 0.25) is 0 Å². The summed E-state index contributed by atoms with van der Waals surface area (Å²) in [6, 6.07) is 0. The number of ether oxygens (including phenoxy) is 2. The van der Waals surface area contributed by atoms with Crippen molar-refractivity contribution >= 4 is 5.78 Å². The van der Waals surface area contributed by atoms with Crippen LogP contribution in [-0.2, 0) is 14.3 Å². The standard InChI is InChI=1S/C26H38O3/c1-25-14-11-23-21(8-6-19-17-20(27)10-13-26(19,23)2)22(25)9-7-18(25)12-16-29-24-5-3-4-15-28-24/h6,8,17-18,21-24H,3-5,7,9-16H2,1-2H3/t18-,21+,22+,23+,24?,25-,26+/m1/s1. The molecule has 0 spiro atoms. The molecule has 160 valence electrons. The number of carbonyl (C=O) groups excluding carboxylic acids is 1. The Labute approximate surface area is 176 Å². The van der Waals surface area contributed by atoms with E-state index in [1.54, 1.807) is 0 Å². The molecule has 0 aromatic rings. The predicted molar refractivity (Wildman–Crippen MR) is 114 cm³/mol. The molecule has 7 atom stereocenters. The van der Waals surface area contributed by atoms with E-state index < -0.39 is 0 Å². The molecule has 3 heteroatoms. The molecule has 0 aromatic carbocycles. The summed E-state index contributed by atoms with van der Waals surface area (Å²) in [6.07, 6.45) is 18.6. The minimum absolute atomic E-state index is 0.0462. The van der Waals surface area contributed by atoms with Crippen molar-refractivity contribution in [3.8, 4) is 0 Å². The second kappa shape index (κ2) is 7.64. The molecule has 0 N–H and O–H groups in total. The molecule has 0 bridgehead atoms. The van der Waals surface area contributed by atoms with Gasteiger partial charge >= 0.3 is 0 Å². The number of carbonyl (C=O) groups is 1. The van der Waals surface area contributed by atoms with Gasteiger partial charge in [-0.25, -0.2) is 0 Å². The van der Waals surface area contributed by atoms with E-state index in [1.165, 1.54) is 50.5 Å². The summed E-state index contributed by atoms with van der Waals surface area (Å²) in [4.78, 5) is 12.0. The molecular weight excluding hydrogens is 360 g/mol. The van der Waals surface area contributed by atoms with Crippen molar-refractivity contribution in [3.63, 3.8) is 0 Å². The van der Waals surface area contributed by atoms with Crippen molar-refractivity contribution in [2.75, 3.05) is 13.2 Å². The molecule has 29 heavy (non-hydrogen) atoms. The second-order valence-electron chi connectivity index (χ2n) is 10.9. The highest BCUT2D eigenvalue weighted by Gasteiger charge is 2.57. The van der Waals surface area contributed by atoms with Crippen LogP contribution in [0.1, 0.15) is 78.1 Å². The summed E-state index contributed by atoms with van der Waals surface area (Å²) in [5, 5.41) is 0. The van der Waals surface area contributed by atoms with E-state index in [9.17, 15) is 4.79 Å². The quantitative estimate of drug-likeness (QED) is 0.596. The third-order valence-electron chi connectivity index (χ3n) is 9.62. The van der Waals surface area contributed by atoms with Gasteiger partial charge in [-0.2, -0.15) is 0 Å². The van der Waals surface area contributed by atoms with Crippen molar-refractivity contribution < 1.29 is 14.3 Å². The lowest BCUT2D eigenvalue weighted by molar-refractivity contribution is -0.165. The lowest BCUT2D eigenvalue weighted by Crippen LogP contribution is -2.49. The summed E-state index contributed by atoms with van der Waals surface area (Å²) < 4.78 is 11.9. The first-order valence-electron chi connectivity index (χ1n) is 12.2. The maximum Gasteiger partial charge on any atom is 0.157 e. The fourth-order valence-corrected chi connectivity index (χ4v) is 7.76. The minimum Gasteiger partial charge on any atom is -0.353 e. The van der Waals surface area contributed by atoms with Crippen LogP contribution in [0.3, 0.4) is 0 Å². The number of hydrogen-bond acceptors (Lipinski definition) is 3. The first-order valence-corrected chi connectivity index (χ1v) is 12.2. The van der Waals surface area contributed by atoms with Gasteiger partial charge in [-0.3, -0.25) is 4.79 Å². The molecule has 5 aliphatic rings. The zero-order valence-electron chi connectivity index (χ0n) is 18.3. The van der Waals surface area contributed by atoms with Gasteiger partial charge in [-0.1, -0.05) is 26.0 Å². The predicted octanol–water partition coefficient (Wildman–Crippen LogP) is 5.84. The van der Waals surface area contributed by atoms with E-state index in [0.29, 0.717) is 17.1 Å². The Morgan fingerprint density at radius 2 is 2.00 bits per heavy atom. The molecule has 1 heterocycles. The van der Waals surface area contributed by atoms with Crippen LogP contribution in [0.15, 0.2) is 23.8 Å². The van der Waals surface area contributed by atoms with Crippen molar-refractivity contribution in [2.45, 2.75) is 84.3 Å². The molecule has 5 rings (SSSR count). The van der Waals surface area contributed by atoms with E-state index in [0.717, 1.165) is 50.2 Å². The third-order valence-corrected chi connectivity index (χ3v) is 9.62. The maximum atomic E-state index is 12.0. The van der Waals surface area contributed by atoms with Crippen LogP contribution >= 0.6 is 0 Å². The fraction of sp³-hybridized carbons (Fsp3) is 0.808. The fourth-order valence-electron chi connectivity index (χ4n) is 7.76. The molecule has 1 unspecified atom stereocenters. The van der Waals surface area contributed by atoms with Gasteiger partial charge in [0.05, 0.1) is 6.61 Å². The molecule has 4 aliphatic carbocycles. The molecule has 1 saturated heterocycles. The lowest BCUT2D eigenvalue weighted by atomic mass is 9.48. The molecule has 3 nitrogen and oxygen atoms in total. The highest BCUT2D eigenvalue weighted by atomic mass is 16.7. The lowest BCUT2D eigenvalue weighted by Gasteiger charge is -2.56. The normalized spacial score (nSPS) is 46.6. The molecule has 0 amide bonds. The van der Waals surface area contributed by atoms with Crippen molar-refractivity contribution in [3.05, 3.63) is 23.8 Å². The van der Waals surface area contributed by atoms with E-state index in [4.69, 9.17) is 9.47 Å². The van der Waals surface area contributed by atoms with Gasteiger partial charge in [-0.05, 0) is 104 Å². The number of hydrogen-bond donors (Lipinski definition) is 0. The summed E-state index contributed by atoms with van der Waals surface area (Å²) in [7, 11) is 0. The number of allylic oxidation sites excluding steroid dienone is 4. The molecule has 2 saturated carbocycles. The second-order valence-corrected chi connectivity index (χ2v) is 10.9. The van der Waals surface area contributed by atoms with Gasteiger partial charge in [0.25, 0.3) is 0 Å². The summed E-state index contributed by atoms with van der Waals surface area (Å²) in [6.45, 7) is 6.74. The molecule has 0 radical (unpaired) electrons. The highest BCUT2D eigenvalue weighted by Crippen LogP contribution is 2.65. The van der Waals surface area contributed by atoms with E-state index in [1.807, 2.05) is 6.08 Å². The first kappa shape index (κ1) is 20.0. The smallest absolute Gasteiger partial charge is 0.157 e. The molecular formula is C26H38O3. The van der Waals surface area contributed by atoms with E-state index in [-0.39, 0.29) is 11.7 Å². The summed E-state index contributed by atoms with van der Waals surface area (Å²) in [5.74, 6) is 3.31. The van der Waals surface area contributed by atoms with Gasteiger partial charge in [0.15, 0.2) is 12.1 Å². The Balaban J connectivity index is 1.27. The Kier molecular flexibility index (Phi) is 5.27. The Bertz CT molecular complexity index is 703. The average Bonchev–Trinajstić information content (AvgIpc) is 3.06. The Morgan fingerprint density at radius 3 is 2.83 bits per heavy atom. The van der Waals surface area contributed by atoms with Crippen LogP contribution in [0.4, 0.5) is 0 Å². The Morgan fingerprint density at radius 1 is 1.10 bits per heavy atom. The van der Waals surface area contributed by atoms with Crippen molar-refractivity contribution in [1.29, 1.82) is 0 Å².